The van der Waals surface area contributed by atoms with E-state index in [0.29, 0.717) is 5.92 Å². The fourth-order valence-electron chi connectivity index (χ4n) is 2.22. The molecule has 1 N–H and O–H groups in total. The molecular formula is C13H19NO2. The Kier molecular flexibility index (Phi) is 2.80. The second-order valence-corrected chi connectivity index (χ2v) is 4.77. The minimum absolute atomic E-state index is 0.180. The highest BCUT2D eigenvalue weighted by molar-refractivity contribution is 5.45. The van der Waals surface area contributed by atoms with E-state index < -0.39 is 0 Å². The number of hydrogen-bond acceptors (Lipinski definition) is 3. The van der Waals surface area contributed by atoms with E-state index >= 15 is 0 Å². The van der Waals surface area contributed by atoms with Gasteiger partial charge in [-0.25, -0.2) is 0 Å². The Hall–Kier alpha value is -1.22. The van der Waals surface area contributed by atoms with Crippen LogP contribution in [0.5, 0.6) is 11.5 Å². The highest BCUT2D eigenvalue weighted by Gasteiger charge is 2.39. The SMILES string of the molecule is COc1ccc(C2CNC2(C)C)cc1OC. The van der Waals surface area contributed by atoms with Crippen molar-refractivity contribution in [2.45, 2.75) is 25.3 Å². The van der Waals surface area contributed by atoms with E-state index in [-0.39, 0.29) is 5.54 Å². The number of methoxy groups -OCH3 is 2. The molecule has 88 valence electrons. The summed E-state index contributed by atoms with van der Waals surface area (Å²) < 4.78 is 10.6. The van der Waals surface area contributed by atoms with E-state index in [4.69, 9.17) is 9.47 Å². The summed E-state index contributed by atoms with van der Waals surface area (Å²) in [4.78, 5) is 0. The molecule has 1 saturated heterocycles. The lowest BCUT2D eigenvalue weighted by atomic mass is 9.75. The molecule has 1 atom stereocenters. The van der Waals surface area contributed by atoms with Crippen LogP contribution in [-0.2, 0) is 0 Å². The zero-order valence-electron chi connectivity index (χ0n) is 10.3. The summed E-state index contributed by atoms with van der Waals surface area (Å²) in [7, 11) is 3.33. The third-order valence-corrected chi connectivity index (χ3v) is 3.44. The van der Waals surface area contributed by atoms with Crippen LogP contribution in [0.15, 0.2) is 18.2 Å². The lowest BCUT2D eigenvalue weighted by Gasteiger charge is -2.46. The second kappa shape index (κ2) is 3.98. The molecule has 0 bridgehead atoms. The zero-order valence-corrected chi connectivity index (χ0v) is 10.3. The Bertz CT molecular complexity index is 388. The standard InChI is InChI=1S/C13H19NO2/c1-13(2)10(8-14-13)9-5-6-11(15-3)12(7-9)16-4/h5-7,10,14H,8H2,1-4H3. The first-order chi connectivity index (χ1) is 7.58. The molecule has 0 aromatic heterocycles. The molecule has 0 spiro atoms. The van der Waals surface area contributed by atoms with Gasteiger partial charge in [-0.2, -0.15) is 0 Å². The van der Waals surface area contributed by atoms with Gasteiger partial charge in [-0.3, -0.25) is 0 Å². The van der Waals surface area contributed by atoms with Crippen molar-refractivity contribution in [3.05, 3.63) is 23.8 Å². The van der Waals surface area contributed by atoms with Crippen molar-refractivity contribution >= 4 is 0 Å². The van der Waals surface area contributed by atoms with Crippen molar-refractivity contribution < 1.29 is 9.47 Å². The van der Waals surface area contributed by atoms with Crippen molar-refractivity contribution in [2.75, 3.05) is 20.8 Å². The van der Waals surface area contributed by atoms with E-state index in [0.717, 1.165) is 18.0 Å². The van der Waals surface area contributed by atoms with E-state index in [2.05, 4.69) is 31.3 Å². The predicted molar refractivity (Wildman–Crippen MR) is 64.4 cm³/mol. The predicted octanol–water partition coefficient (Wildman–Crippen LogP) is 2.17. The minimum atomic E-state index is 0.180. The van der Waals surface area contributed by atoms with Gasteiger partial charge in [-0.15, -0.1) is 0 Å². The molecule has 1 aromatic carbocycles. The Morgan fingerprint density at radius 3 is 2.31 bits per heavy atom. The van der Waals surface area contributed by atoms with Gasteiger partial charge in [0.25, 0.3) is 0 Å². The Balaban J connectivity index is 2.30. The maximum atomic E-state index is 5.32. The summed E-state index contributed by atoms with van der Waals surface area (Å²) in [5.74, 6) is 2.14. The van der Waals surface area contributed by atoms with Crippen molar-refractivity contribution in [1.82, 2.24) is 5.32 Å². The van der Waals surface area contributed by atoms with Crippen LogP contribution < -0.4 is 14.8 Å². The highest BCUT2D eigenvalue weighted by atomic mass is 16.5. The first-order valence-corrected chi connectivity index (χ1v) is 5.55. The maximum absolute atomic E-state index is 5.32. The molecule has 0 saturated carbocycles. The Morgan fingerprint density at radius 2 is 1.88 bits per heavy atom. The number of ether oxygens (including phenoxy) is 2. The third kappa shape index (κ3) is 1.76. The molecular weight excluding hydrogens is 202 g/mol. The number of rotatable bonds is 3. The molecule has 3 heteroatoms. The third-order valence-electron chi connectivity index (χ3n) is 3.44. The van der Waals surface area contributed by atoms with Crippen LogP contribution in [0.3, 0.4) is 0 Å². The van der Waals surface area contributed by atoms with Crippen molar-refractivity contribution in [3.8, 4) is 11.5 Å². The molecule has 1 heterocycles. The molecule has 1 aliphatic heterocycles. The first-order valence-electron chi connectivity index (χ1n) is 5.55. The van der Waals surface area contributed by atoms with Gasteiger partial charge >= 0.3 is 0 Å². The van der Waals surface area contributed by atoms with Crippen LogP contribution in [0.4, 0.5) is 0 Å². The summed E-state index contributed by atoms with van der Waals surface area (Å²) in [6, 6.07) is 6.17. The van der Waals surface area contributed by atoms with Gasteiger partial charge in [0, 0.05) is 18.0 Å². The molecule has 0 radical (unpaired) electrons. The van der Waals surface area contributed by atoms with Gasteiger partial charge in [0.15, 0.2) is 11.5 Å². The average Bonchev–Trinajstić information content (AvgIpc) is 2.27. The van der Waals surface area contributed by atoms with Crippen LogP contribution >= 0.6 is 0 Å². The largest absolute Gasteiger partial charge is 0.493 e. The van der Waals surface area contributed by atoms with Crippen molar-refractivity contribution in [3.63, 3.8) is 0 Å². The molecule has 16 heavy (non-hydrogen) atoms. The summed E-state index contributed by atoms with van der Waals surface area (Å²) >= 11 is 0. The normalized spacial score (nSPS) is 22.4. The van der Waals surface area contributed by atoms with Gasteiger partial charge in [-0.1, -0.05) is 6.07 Å². The average molecular weight is 221 g/mol. The van der Waals surface area contributed by atoms with Gasteiger partial charge in [0.05, 0.1) is 14.2 Å². The quantitative estimate of drug-likeness (QED) is 0.848. The fourth-order valence-corrected chi connectivity index (χ4v) is 2.22. The van der Waals surface area contributed by atoms with Crippen molar-refractivity contribution in [2.24, 2.45) is 0 Å². The Labute approximate surface area is 96.8 Å². The van der Waals surface area contributed by atoms with Crippen LogP contribution in [0, 0.1) is 0 Å². The van der Waals surface area contributed by atoms with Gasteiger partial charge in [0.1, 0.15) is 0 Å². The first kappa shape index (κ1) is 11.3. The van der Waals surface area contributed by atoms with E-state index in [1.165, 1.54) is 5.56 Å². The minimum Gasteiger partial charge on any atom is -0.493 e. The van der Waals surface area contributed by atoms with Gasteiger partial charge in [0.2, 0.25) is 0 Å². The number of benzene rings is 1. The lowest BCUT2D eigenvalue weighted by Crippen LogP contribution is -2.59. The van der Waals surface area contributed by atoms with Crippen LogP contribution in [-0.4, -0.2) is 26.3 Å². The number of hydrogen-bond donors (Lipinski definition) is 1. The summed E-state index contributed by atoms with van der Waals surface area (Å²) in [6.07, 6.45) is 0. The number of nitrogens with one attached hydrogen (secondary N) is 1. The van der Waals surface area contributed by atoms with Crippen LogP contribution in [0.25, 0.3) is 0 Å². The summed E-state index contributed by atoms with van der Waals surface area (Å²) in [5.41, 5.74) is 1.49. The highest BCUT2D eigenvalue weighted by Crippen LogP contribution is 2.38. The molecule has 1 aliphatic rings. The molecule has 1 fully saturated rings. The molecule has 1 aromatic rings. The van der Waals surface area contributed by atoms with E-state index in [1.54, 1.807) is 14.2 Å². The fraction of sp³-hybridized carbons (Fsp3) is 0.538. The van der Waals surface area contributed by atoms with Crippen LogP contribution in [0.1, 0.15) is 25.3 Å². The second-order valence-electron chi connectivity index (χ2n) is 4.77. The van der Waals surface area contributed by atoms with Gasteiger partial charge < -0.3 is 14.8 Å². The summed E-state index contributed by atoms with van der Waals surface area (Å²) in [5, 5.41) is 3.43. The summed E-state index contributed by atoms with van der Waals surface area (Å²) in [6.45, 7) is 5.47. The van der Waals surface area contributed by atoms with Crippen LogP contribution in [0.2, 0.25) is 0 Å². The van der Waals surface area contributed by atoms with E-state index in [9.17, 15) is 0 Å². The lowest BCUT2D eigenvalue weighted by molar-refractivity contribution is 0.207. The zero-order chi connectivity index (χ0) is 11.8. The monoisotopic (exact) mass is 221 g/mol. The Morgan fingerprint density at radius 1 is 1.19 bits per heavy atom. The molecule has 2 rings (SSSR count). The molecule has 0 amide bonds. The topological polar surface area (TPSA) is 30.5 Å². The molecule has 3 nitrogen and oxygen atoms in total. The molecule has 0 aliphatic carbocycles. The van der Waals surface area contributed by atoms with Gasteiger partial charge in [-0.05, 0) is 31.5 Å². The van der Waals surface area contributed by atoms with E-state index in [1.807, 2.05) is 6.07 Å². The maximum Gasteiger partial charge on any atom is 0.160 e. The van der Waals surface area contributed by atoms with Crippen molar-refractivity contribution in [1.29, 1.82) is 0 Å². The molecule has 1 unspecified atom stereocenters. The smallest absolute Gasteiger partial charge is 0.160 e.